The van der Waals surface area contributed by atoms with E-state index in [4.69, 9.17) is 5.11 Å². The van der Waals surface area contributed by atoms with Gasteiger partial charge in [0.05, 0.1) is 5.57 Å². The topological polar surface area (TPSA) is 37.3 Å². The Bertz CT molecular complexity index is 189. The van der Waals surface area contributed by atoms with E-state index in [0.29, 0.717) is 5.57 Å². The minimum atomic E-state index is -0.837. The van der Waals surface area contributed by atoms with Crippen LogP contribution < -0.4 is 0 Å². The fourth-order valence-electron chi connectivity index (χ4n) is 0.792. The molecule has 9 heavy (non-hydrogen) atoms. The molecule has 1 rings (SSSR count). The van der Waals surface area contributed by atoms with Gasteiger partial charge in [0.2, 0.25) is 0 Å². The summed E-state index contributed by atoms with van der Waals surface area (Å²) in [5, 5.41) is 8.41. The van der Waals surface area contributed by atoms with Crippen molar-refractivity contribution in [2.45, 2.75) is 6.92 Å². The molecular formula is C7H8O2. The van der Waals surface area contributed by atoms with Crippen molar-refractivity contribution in [2.24, 2.45) is 5.92 Å². The van der Waals surface area contributed by atoms with Crippen LogP contribution >= 0.6 is 0 Å². The van der Waals surface area contributed by atoms with Gasteiger partial charge in [0, 0.05) is 0 Å². The highest BCUT2D eigenvalue weighted by molar-refractivity contribution is 5.90. The molecule has 0 aromatic heterocycles. The second-order valence-electron chi connectivity index (χ2n) is 2.15. The Labute approximate surface area is 53.5 Å². The van der Waals surface area contributed by atoms with Crippen molar-refractivity contribution in [1.82, 2.24) is 0 Å². The molecule has 1 aliphatic carbocycles. The van der Waals surface area contributed by atoms with E-state index in [1.165, 1.54) is 0 Å². The molecule has 1 unspecified atom stereocenters. The second kappa shape index (κ2) is 2.05. The average molecular weight is 124 g/mol. The third-order valence-electron chi connectivity index (χ3n) is 1.27. The van der Waals surface area contributed by atoms with Crippen molar-refractivity contribution in [2.75, 3.05) is 0 Å². The Morgan fingerprint density at radius 1 is 1.78 bits per heavy atom. The minimum absolute atomic E-state index is 0.288. The number of hydrogen-bond acceptors (Lipinski definition) is 1. The Morgan fingerprint density at radius 2 is 2.44 bits per heavy atom. The van der Waals surface area contributed by atoms with Crippen LogP contribution in [0.15, 0.2) is 23.8 Å². The summed E-state index contributed by atoms with van der Waals surface area (Å²) in [6, 6.07) is 0. The van der Waals surface area contributed by atoms with Crippen LogP contribution in [0.3, 0.4) is 0 Å². The summed E-state index contributed by atoms with van der Waals surface area (Å²) in [7, 11) is 0. The van der Waals surface area contributed by atoms with Crippen LogP contribution in [0.25, 0.3) is 0 Å². The van der Waals surface area contributed by atoms with Crippen LogP contribution in [0.5, 0.6) is 0 Å². The van der Waals surface area contributed by atoms with Gasteiger partial charge in [-0.3, -0.25) is 0 Å². The first-order valence-electron chi connectivity index (χ1n) is 2.83. The van der Waals surface area contributed by atoms with Crippen LogP contribution in [0.2, 0.25) is 0 Å². The molecule has 0 amide bonds. The maximum atomic E-state index is 10.2. The second-order valence-corrected chi connectivity index (χ2v) is 2.15. The highest BCUT2D eigenvalue weighted by Crippen LogP contribution is 2.14. The molecule has 0 aromatic carbocycles. The standard InChI is InChI=1S/C7H8O2/c1-5-2-3-6(4-5)7(8)9/h2-5H,1H3,(H,8,9). The van der Waals surface area contributed by atoms with Crippen LogP contribution in [0.1, 0.15) is 6.92 Å². The van der Waals surface area contributed by atoms with Gasteiger partial charge in [-0.25, -0.2) is 4.79 Å². The van der Waals surface area contributed by atoms with E-state index < -0.39 is 5.97 Å². The van der Waals surface area contributed by atoms with Gasteiger partial charge in [0.15, 0.2) is 0 Å². The van der Waals surface area contributed by atoms with E-state index in [1.54, 1.807) is 12.2 Å². The van der Waals surface area contributed by atoms with Crippen molar-refractivity contribution in [3.05, 3.63) is 23.8 Å². The fraction of sp³-hybridized carbons (Fsp3) is 0.286. The molecule has 1 atom stereocenters. The minimum Gasteiger partial charge on any atom is -0.478 e. The SMILES string of the molecule is CC1C=CC(C(=O)O)=C1. The lowest BCUT2D eigenvalue weighted by molar-refractivity contribution is -0.132. The molecule has 0 spiro atoms. The van der Waals surface area contributed by atoms with Gasteiger partial charge in [-0.15, -0.1) is 0 Å². The predicted molar refractivity (Wildman–Crippen MR) is 34.0 cm³/mol. The van der Waals surface area contributed by atoms with E-state index >= 15 is 0 Å². The van der Waals surface area contributed by atoms with Gasteiger partial charge in [-0.2, -0.15) is 0 Å². The molecule has 1 N–H and O–H groups in total. The summed E-state index contributed by atoms with van der Waals surface area (Å²) < 4.78 is 0. The number of allylic oxidation sites excluding steroid dienone is 2. The molecule has 1 aliphatic rings. The normalized spacial score (nSPS) is 24.1. The maximum Gasteiger partial charge on any atom is 0.335 e. The lowest BCUT2D eigenvalue weighted by atomic mass is 10.2. The Kier molecular flexibility index (Phi) is 1.39. The molecule has 2 nitrogen and oxygen atoms in total. The van der Waals surface area contributed by atoms with Gasteiger partial charge in [-0.05, 0) is 5.92 Å². The molecule has 0 fully saturated rings. The maximum absolute atomic E-state index is 10.2. The lowest BCUT2D eigenvalue weighted by Crippen LogP contribution is -1.95. The van der Waals surface area contributed by atoms with Gasteiger partial charge in [0.25, 0.3) is 0 Å². The third-order valence-corrected chi connectivity index (χ3v) is 1.27. The summed E-state index contributed by atoms with van der Waals surface area (Å²) in [4.78, 5) is 10.2. The van der Waals surface area contributed by atoms with Gasteiger partial charge in [-0.1, -0.05) is 25.2 Å². The van der Waals surface area contributed by atoms with E-state index in [1.807, 2.05) is 13.0 Å². The summed E-state index contributed by atoms with van der Waals surface area (Å²) in [6.45, 7) is 1.95. The molecule has 0 saturated carbocycles. The highest BCUT2D eigenvalue weighted by atomic mass is 16.4. The highest BCUT2D eigenvalue weighted by Gasteiger charge is 2.09. The van der Waals surface area contributed by atoms with Crippen LogP contribution in [0, 0.1) is 5.92 Å². The number of carboxylic acid groups (broad SMARTS) is 1. The van der Waals surface area contributed by atoms with Gasteiger partial charge >= 0.3 is 5.97 Å². The molecule has 0 heterocycles. The quantitative estimate of drug-likeness (QED) is 0.570. The van der Waals surface area contributed by atoms with Crippen molar-refractivity contribution in [3.8, 4) is 0 Å². The first kappa shape index (κ1) is 6.08. The zero-order valence-electron chi connectivity index (χ0n) is 5.16. The molecular weight excluding hydrogens is 116 g/mol. The van der Waals surface area contributed by atoms with Crippen molar-refractivity contribution in [1.29, 1.82) is 0 Å². The molecule has 48 valence electrons. The number of carboxylic acids is 1. The predicted octanol–water partition coefficient (Wildman–Crippen LogP) is 1.20. The summed E-state index contributed by atoms with van der Waals surface area (Å²) in [6.07, 6.45) is 5.22. The summed E-state index contributed by atoms with van der Waals surface area (Å²) >= 11 is 0. The number of carbonyl (C=O) groups is 1. The van der Waals surface area contributed by atoms with Crippen LogP contribution in [-0.2, 0) is 4.79 Å². The Balaban J connectivity index is 2.75. The van der Waals surface area contributed by atoms with Crippen LogP contribution in [-0.4, -0.2) is 11.1 Å². The van der Waals surface area contributed by atoms with E-state index in [2.05, 4.69) is 0 Å². The molecule has 0 saturated heterocycles. The average Bonchev–Trinajstić information content (AvgIpc) is 2.14. The number of aliphatic carboxylic acids is 1. The number of rotatable bonds is 1. The van der Waals surface area contributed by atoms with E-state index in [-0.39, 0.29) is 5.92 Å². The fourth-order valence-corrected chi connectivity index (χ4v) is 0.792. The summed E-state index contributed by atoms with van der Waals surface area (Å²) in [5.74, 6) is -0.549. The molecule has 0 aromatic rings. The zero-order chi connectivity index (χ0) is 6.85. The van der Waals surface area contributed by atoms with Gasteiger partial charge in [0.1, 0.15) is 0 Å². The molecule has 0 bridgehead atoms. The Morgan fingerprint density at radius 3 is 2.67 bits per heavy atom. The molecule has 0 radical (unpaired) electrons. The first-order chi connectivity index (χ1) is 4.20. The van der Waals surface area contributed by atoms with E-state index in [9.17, 15) is 4.79 Å². The smallest absolute Gasteiger partial charge is 0.335 e. The van der Waals surface area contributed by atoms with Crippen molar-refractivity contribution < 1.29 is 9.90 Å². The van der Waals surface area contributed by atoms with Gasteiger partial charge < -0.3 is 5.11 Å². The largest absolute Gasteiger partial charge is 0.478 e. The summed E-state index contributed by atoms with van der Waals surface area (Å²) in [5.41, 5.74) is 0.405. The molecule has 0 aliphatic heterocycles. The van der Waals surface area contributed by atoms with E-state index in [0.717, 1.165) is 0 Å². The Hall–Kier alpha value is -1.05. The monoisotopic (exact) mass is 124 g/mol. The van der Waals surface area contributed by atoms with Crippen molar-refractivity contribution >= 4 is 5.97 Å². The molecule has 2 heteroatoms. The number of hydrogen-bond donors (Lipinski definition) is 1. The lowest BCUT2D eigenvalue weighted by Gasteiger charge is -1.87. The third kappa shape index (κ3) is 1.19. The van der Waals surface area contributed by atoms with Crippen molar-refractivity contribution in [3.63, 3.8) is 0 Å². The van der Waals surface area contributed by atoms with Crippen LogP contribution in [0.4, 0.5) is 0 Å². The zero-order valence-corrected chi connectivity index (χ0v) is 5.16. The first-order valence-corrected chi connectivity index (χ1v) is 2.83.